The molecule has 0 aromatic carbocycles. The van der Waals surface area contributed by atoms with Gasteiger partial charge in [-0.1, -0.05) is 0 Å². The number of aliphatic carboxylic acids is 1. The van der Waals surface area contributed by atoms with Gasteiger partial charge in [0.15, 0.2) is 0 Å². The van der Waals surface area contributed by atoms with E-state index in [0.29, 0.717) is 18.8 Å². The summed E-state index contributed by atoms with van der Waals surface area (Å²) in [4.78, 5) is 14.8. The van der Waals surface area contributed by atoms with E-state index in [0.717, 1.165) is 0 Å². The molecule has 0 saturated carbocycles. The molecule has 0 amide bonds. The molecule has 1 heterocycles. The first-order chi connectivity index (χ1) is 6.75. The van der Waals surface area contributed by atoms with Crippen molar-refractivity contribution in [3.05, 3.63) is 16.6 Å². The van der Waals surface area contributed by atoms with Crippen LogP contribution in [0.2, 0.25) is 0 Å². The van der Waals surface area contributed by atoms with E-state index in [9.17, 15) is 4.79 Å². The summed E-state index contributed by atoms with van der Waals surface area (Å²) in [7, 11) is 1.57. The normalized spacial score (nSPS) is 12.6. The number of hydrogen-bond acceptors (Lipinski definition) is 5. The quantitative estimate of drug-likeness (QED) is 0.678. The van der Waals surface area contributed by atoms with Gasteiger partial charge in [0.2, 0.25) is 0 Å². The molecule has 1 atom stereocenters. The van der Waals surface area contributed by atoms with Gasteiger partial charge in [0.05, 0.1) is 17.8 Å². The Kier molecular flexibility index (Phi) is 4.51. The summed E-state index contributed by atoms with van der Waals surface area (Å²) in [6.07, 6.45) is 0. The van der Waals surface area contributed by atoms with Crippen molar-refractivity contribution in [3.8, 4) is 0 Å². The van der Waals surface area contributed by atoms with Gasteiger partial charge < -0.3 is 9.84 Å². The maximum Gasteiger partial charge on any atom is 0.327 e. The first kappa shape index (κ1) is 11.1. The van der Waals surface area contributed by atoms with Crippen molar-refractivity contribution < 1.29 is 14.6 Å². The molecule has 2 N–H and O–H groups in total. The van der Waals surface area contributed by atoms with Gasteiger partial charge in [0.25, 0.3) is 0 Å². The van der Waals surface area contributed by atoms with Gasteiger partial charge >= 0.3 is 5.97 Å². The van der Waals surface area contributed by atoms with Crippen molar-refractivity contribution in [2.75, 3.05) is 20.3 Å². The molecule has 0 aliphatic heterocycles. The number of ether oxygens (including phenoxy) is 1. The van der Waals surface area contributed by atoms with Crippen LogP contribution in [0, 0.1) is 0 Å². The maximum absolute atomic E-state index is 10.9. The van der Waals surface area contributed by atoms with Gasteiger partial charge in [-0.05, 0) is 0 Å². The summed E-state index contributed by atoms with van der Waals surface area (Å²) in [6.45, 7) is 0.971. The van der Waals surface area contributed by atoms with E-state index in [1.807, 2.05) is 0 Å². The number of aromatic nitrogens is 1. The largest absolute Gasteiger partial charge is 0.480 e. The third-order valence-corrected chi connectivity index (χ3v) is 2.25. The lowest BCUT2D eigenvalue weighted by atomic mass is 10.2. The lowest BCUT2D eigenvalue weighted by Crippen LogP contribution is -2.31. The molecule has 0 spiro atoms. The summed E-state index contributed by atoms with van der Waals surface area (Å²) in [5, 5.41) is 13.5. The molecule has 0 bridgehead atoms. The van der Waals surface area contributed by atoms with Gasteiger partial charge in [-0.2, -0.15) is 0 Å². The SMILES string of the molecule is COCCNC(C(=O)O)c1cscn1. The molecular weight excluding hydrogens is 204 g/mol. The molecule has 1 rings (SSSR count). The summed E-state index contributed by atoms with van der Waals surface area (Å²) in [5.74, 6) is -0.924. The average Bonchev–Trinajstić information content (AvgIpc) is 2.64. The number of carboxylic acids is 1. The van der Waals surface area contributed by atoms with Crippen LogP contribution in [0.15, 0.2) is 10.9 Å². The summed E-state index contributed by atoms with van der Waals surface area (Å²) < 4.78 is 4.82. The fourth-order valence-electron chi connectivity index (χ4n) is 0.988. The average molecular weight is 216 g/mol. The molecular formula is C8H12N2O3S. The molecule has 1 aromatic rings. The van der Waals surface area contributed by atoms with Crippen LogP contribution in [0.1, 0.15) is 11.7 Å². The first-order valence-corrected chi connectivity index (χ1v) is 5.03. The van der Waals surface area contributed by atoms with E-state index >= 15 is 0 Å². The zero-order chi connectivity index (χ0) is 10.4. The van der Waals surface area contributed by atoms with Crippen LogP contribution in [0.3, 0.4) is 0 Å². The molecule has 78 valence electrons. The third-order valence-electron chi connectivity index (χ3n) is 1.65. The van der Waals surface area contributed by atoms with Crippen LogP contribution < -0.4 is 5.32 Å². The molecule has 0 aliphatic carbocycles. The molecule has 5 nitrogen and oxygen atoms in total. The number of methoxy groups -OCH3 is 1. The molecule has 1 aromatic heterocycles. The molecule has 0 aliphatic rings. The minimum atomic E-state index is -0.924. The Labute approximate surface area is 85.7 Å². The predicted octanol–water partition coefficient (Wildman–Crippen LogP) is 0.505. The molecule has 6 heteroatoms. The van der Waals surface area contributed by atoms with Crippen LogP contribution >= 0.6 is 11.3 Å². The van der Waals surface area contributed by atoms with E-state index in [1.54, 1.807) is 18.0 Å². The van der Waals surface area contributed by atoms with Crippen molar-refractivity contribution in [2.45, 2.75) is 6.04 Å². The van der Waals surface area contributed by atoms with E-state index in [-0.39, 0.29) is 0 Å². The van der Waals surface area contributed by atoms with Crippen molar-refractivity contribution in [3.63, 3.8) is 0 Å². The Balaban J connectivity index is 2.52. The second kappa shape index (κ2) is 5.69. The summed E-state index contributed by atoms with van der Waals surface area (Å²) in [6, 6.07) is -0.739. The minimum Gasteiger partial charge on any atom is -0.480 e. The highest BCUT2D eigenvalue weighted by Gasteiger charge is 2.20. The van der Waals surface area contributed by atoms with E-state index in [2.05, 4.69) is 10.3 Å². The van der Waals surface area contributed by atoms with Crippen LogP contribution in [0.25, 0.3) is 0 Å². The highest BCUT2D eigenvalue weighted by Crippen LogP contribution is 2.12. The van der Waals surface area contributed by atoms with Gasteiger partial charge in [-0.25, -0.2) is 4.98 Å². The van der Waals surface area contributed by atoms with Gasteiger partial charge in [-0.3, -0.25) is 10.1 Å². The number of nitrogens with zero attached hydrogens (tertiary/aromatic N) is 1. The van der Waals surface area contributed by atoms with E-state index < -0.39 is 12.0 Å². The van der Waals surface area contributed by atoms with Crippen LogP contribution in [-0.2, 0) is 9.53 Å². The smallest absolute Gasteiger partial charge is 0.327 e. The molecule has 1 unspecified atom stereocenters. The predicted molar refractivity (Wildman–Crippen MR) is 52.4 cm³/mol. The lowest BCUT2D eigenvalue weighted by molar-refractivity contribution is -0.139. The molecule has 14 heavy (non-hydrogen) atoms. The number of carbonyl (C=O) groups is 1. The Hall–Kier alpha value is -0.980. The Bertz CT molecular complexity index is 276. The molecule has 0 fully saturated rings. The highest BCUT2D eigenvalue weighted by molar-refractivity contribution is 7.07. The fraction of sp³-hybridized carbons (Fsp3) is 0.500. The van der Waals surface area contributed by atoms with Crippen molar-refractivity contribution >= 4 is 17.3 Å². The monoisotopic (exact) mass is 216 g/mol. The lowest BCUT2D eigenvalue weighted by Gasteiger charge is -2.11. The minimum absolute atomic E-state index is 0.480. The van der Waals surface area contributed by atoms with Crippen LogP contribution in [-0.4, -0.2) is 36.3 Å². The third kappa shape index (κ3) is 3.06. The van der Waals surface area contributed by atoms with E-state index in [4.69, 9.17) is 9.84 Å². The number of thiazole rings is 1. The second-order valence-corrected chi connectivity index (χ2v) is 3.35. The Morgan fingerprint density at radius 1 is 1.86 bits per heavy atom. The number of nitrogens with one attached hydrogen (secondary N) is 1. The van der Waals surface area contributed by atoms with Gasteiger partial charge in [0.1, 0.15) is 6.04 Å². The van der Waals surface area contributed by atoms with Crippen molar-refractivity contribution in [2.24, 2.45) is 0 Å². The fourth-order valence-corrected chi connectivity index (χ4v) is 1.57. The van der Waals surface area contributed by atoms with Crippen LogP contribution in [0.4, 0.5) is 0 Å². The number of carboxylic acid groups (broad SMARTS) is 1. The second-order valence-electron chi connectivity index (χ2n) is 2.63. The summed E-state index contributed by atoms with van der Waals surface area (Å²) in [5.41, 5.74) is 2.15. The highest BCUT2D eigenvalue weighted by atomic mass is 32.1. The number of hydrogen-bond donors (Lipinski definition) is 2. The zero-order valence-corrected chi connectivity index (χ0v) is 8.58. The Morgan fingerprint density at radius 3 is 3.14 bits per heavy atom. The topological polar surface area (TPSA) is 71.5 Å². The molecule has 0 saturated heterocycles. The zero-order valence-electron chi connectivity index (χ0n) is 7.77. The standard InChI is InChI=1S/C8H12N2O3S/c1-13-3-2-9-7(8(11)12)6-4-14-5-10-6/h4-5,7,9H,2-3H2,1H3,(H,11,12). The van der Waals surface area contributed by atoms with Crippen LogP contribution in [0.5, 0.6) is 0 Å². The van der Waals surface area contributed by atoms with Crippen molar-refractivity contribution in [1.29, 1.82) is 0 Å². The van der Waals surface area contributed by atoms with Crippen molar-refractivity contribution in [1.82, 2.24) is 10.3 Å². The van der Waals surface area contributed by atoms with E-state index in [1.165, 1.54) is 11.3 Å². The number of rotatable bonds is 6. The maximum atomic E-state index is 10.9. The van der Waals surface area contributed by atoms with Gasteiger partial charge in [-0.15, -0.1) is 11.3 Å². The first-order valence-electron chi connectivity index (χ1n) is 4.09. The van der Waals surface area contributed by atoms with Gasteiger partial charge in [0, 0.05) is 19.0 Å². The molecule has 0 radical (unpaired) electrons. The summed E-state index contributed by atoms with van der Waals surface area (Å²) >= 11 is 1.38. The Morgan fingerprint density at radius 2 is 2.64 bits per heavy atom.